The largest absolute Gasteiger partial charge is 0.488 e. The minimum absolute atomic E-state index is 0.311. The molecule has 0 spiro atoms. The average Bonchev–Trinajstić information content (AvgIpc) is 2.57. The minimum Gasteiger partial charge on any atom is -0.488 e. The molecule has 4 aliphatic rings. The highest BCUT2D eigenvalue weighted by Gasteiger charge is 2.71. The molecule has 4 bridgehead atoms. The van der Waals surface area contributed by atoms with Crippen molar-refractivity contribution in [3.63, 3.8) is 0 Å². The van der Waals surface area contributed by atoms with E-state index >= 15 is 0 Å². The van der Waals surface area contributed by atoms with Gasteiger partial charge < -0.3 is 18.9 Å². The molecule has 0 N–H and O–H groups in total. The Morgan fingerprint density at radius 1 is 0.786 bits per heavy atom. The van der Waals surface area contributed by atoms with Crippen LogP contribution < -0.4 is 10.0 Å². The molecular formula is C23H27O4P. The van der Waals surface area contributed by atoms with Crippen molar-refractivity contribution >= 4 is 13.2 Å². The normalized spacial score (nSPS) is 41.2. The second-order valence-electron chi connectivity index (χ2n) is 8.85. The highest BCUT2D eigenvalue weighted by atomic mass is 31.1. The zero-order valence-corrected chi connectivity index (χ0v) is 17.8. The van der Waals surface area contributed by atoms with E-state index in [0.717, 1.165) is 24.2 Å². The Balaban J connectivity index is 1.52. The number of rotatable bonds is 4. The summed E-state index contributed by atoms with van der Waals surface area (Å²) in [4.78, 5) is 0. The topological polar surface area (TPSA) is 36.9 Å². The fourth-order valence-electron chi connectivity index (χ4n) is 5.60. The summed E-state index contributed by atoms with van der Waals surface area (Å²) in [6.07, 6.45) is 1.45. The van der Waals surface area contributed by atoms with Crippen molar-refractivity contribution in [3.8, 4) is 5.75 Å². The van der Waals surface area contributed by atoms with Crippen LogP contribution in [0.15, 0.2) is 54.6 Å². The molecule has 4 saturated heterocycles. The Kier molecular flexibility index (Phi) is 4.00. The molecule has 4 heterocycles. The van der Waals surface area contributed by atoms with E-state index in [1.54, 1.807) is 0 Å². The molecule has 4 aliphatic heterocycles. The van der Waals surface area contributed by atoms with E-state index in [1.807, 2.05) is 38.1 Å². The van der Waals surface area contributed by atoms with E-state index < -0.39 is 19.5 Å². The second-order valence-corrected chi connectivity index (χ2v) is 11.9. The zero-order chi connectivity index (χ0) is 19.6. The molecule has 0 amide bonds. The molecule has 2 aromatic rings. The minimum atomic E-state index is -0.779. The molecule has 2 aromatic carbocycles. The highest BCUT2D eigenvalue weighted by Crippen LogP contribution is 2.76. The smallest absolute Gasteiger partial charge is 0.173 e. The lowest BCUT2D eigenvalue weighted by Crippen LogP contribution is -2.72. The van der Waals surface area contributed by atoms with Crippen LogP contribution in [0.5, 0.6) is 5.75 Å². The van der Waals surface area contributed by atoms with Gasteiger partial charge in [-0.1, -0.05) is 48.5 Å². The molecule has 6 rings (SSSR count). The first-order valence-electron chi connectivity index (χ1n) is 9.89. The van der Waals surface area contributed by atoms with Gasteiger partial charge in [0.1, 0.15) is 12.4 Å². The first kappa shape index (κ1) is 18.6. The molecule has 5 heteroatoms. The van der Waals surface area contributed by atoms with Crippen molar-refractivity contribution in [2.75, 3.05) is 0 Å². The first-order chi connectivity index (χ1) is 13.2. The van der Waals surface area contributed by atoms with Gasteiger partial charge in [0.25, 0.3) is 0 Å². The van der Waals surface area contributed by atoms with E-state index in [4.69, 9.17) is 18.9 Å². The summed E-state index contributed by atoms with van der Waals surface area (Å²) in [5.41, 5.74) is 1.16. The fraction of sp³-hybridized carbons (Fsp3) is 0.478. The van der Waals surface area contributed by atoms with Crippen molar-refractivity contribution in [2.24, 2.45) is 0 Å². The standard InChI is InChI=1S/C23H27O4P/c1-20-15-22(3)27-21(2,25-20)16-23(4,26-20)28(22)19-13-9-8-12-18(19)24-14-17-10-6-5-7-11-17/h5-13H,14-16H2,1-4H3/t20-,21-,22+,23+/m0/s1. The molecule has 0 aliphatic carbocycles. The van der Waals surface area contributed by atoms with E-state index in [2.05, 4.69) is 44.2 Å². The highest BCUT2D eigenvalue weighted by molar-refractivity contribution is 7.68. The maximum atomic E-state index is 6.58. The Labute approximate surface area is 167 Å². The summed E-state index contributed by atoms with van der Waals surface area (Å²) in [5, 5.41) is 0.590. The van der Waals surface area contributed by atoms with E-state index in [9.17, 15) is 0 Å². The molecule has 28 heavy (non-hydrogen) atoms. The second kappa shape index (κ2) is 6.03. The van der Waals surface area contributed by atoms with Crippen molar-refractivity contribution in [2.45, 2.75) is 69.4 Å². The number of ether oxygens (including phenoxy) is 4. The summed E-state index contributed by atoms with van der Waals surface area (Å²) in [6, 6.07) is 18.7. The van der Waals surface area contributed by atoms with Gasteiger partial charge in [-0.15, -0.1) is 0 Å². The summed E-state index contributed by atoms with van der Waals surface area (Å²) in [6.45, 7) is 9.10. The third kappa shape index (κ3) is 2.90. The Hall–Kier alpha value is -1.45. The van der Waals surface area contributed by atoms with Crippen molar-refractivity contribution < 1.29 is 18.9 Å². The molecule has 4 atom stereocenters. The van der Waals surface area contributed by atoms with Crippen LogP contribution in [0.3, 0.4) is 0 Å². The summed E-state index contributed by atoms with van der Waals surface area (Å²) in [5.74, 6) is -0.253. The van der Waals surface area contributed by atoms with Gasteiger partial charge in [0, 0.05) is 18.1 Å². The third-order valence-corrected chi connectivity index (χ3v) is 9.13. The first-order valence-corrected chi connectivity index (χ1v) is 11.2. The molecule has 0 aromatic heterocycles. The Morgan fingerprint density at radius 3 is 2.00 bits per heavy atom. The van der Waals surface area contributed by atoms with Gasteiger partial charge in [-0.2, -0.15) is 0 Å². The molecule has 4 nitrogen and oxygen atoms in total. The lowest BCUT2D eigenvalue weighted by Gasteiger charge is -2.69. The molecule has 0 radical (unpaired) electrons. The SMILES string of the molecule is C[C@@]12C[C@]3(C)O[C@@](C)(C[C@](C)(O1)P3c1ccccc1OCc1ccccc1)O2. The molecular weight excluding hydrogens is 371 g/mol. The van der Waals surface area contributed by atoms with Gasteiger partial charge in [-0.25, -0.2) is 0 Å². The van der Waals surface area contributed by atoms with Gasteiger partial charge in [0.05, 0.1) is 10.7 Å². The Bertz CT molecular complexity index is 854. The van der Waals surface area contributed by atoms with Crippen LogP contribution in [0.25, 0.3) is 0 Å². The molecule has 0 unspecified atom stereocenters. The number of benzene rings is 2. The third-order valence-electron chi connectivity index (χ3n) is 5.89. The van der Waals surface area contributed by atoms with E-state index in [0.29, 0.717) is 6.61 Å². The molecule has 0 saturated carbocycles. The maximum Gasteiger partial charge on any atom is 0.173 e. The monoisotopic (exact) mass is 398 g/mol. The van der Waals surface area contributed by atoms with E-state index in [-0.39, 0.29) is 10.7 Å². The van der Waals surface area contributed by atoms with Crippen molar-refractivity contribution in [3.05, 3.63) is 60.2 Å². The summed E-state index contributed by atoms with van der Waals surface area (Å²) >= 11 is 0. The maximum absolute atomic E-state index is 6.58. The predicted octanol–water partition coefficient (Wildman–Crippen LogP) is 5.11. The number of hydrogen-bond donors (Lipinski definition) is 0. The lowest BCUT2D eigenvalue weighted by atomic mass is 9.98. The lowest BCUT2D eigenvalue weighted by molar-refractivity contribution is -0.467. The van der Waals surface area contributed by atoms with Crippen LogP contribution >= 0.6 is 7.92 Å². The van der Waals surface area contributed by atoms with E-state index in [1.165, 1.54) is 5.30 Å². The molecule has 148 valence electrons. The van der Waals surface area contributed by atoms with Crippen LogP contribution in [0.2, 0.25) is 0 Å². The quantitative estimate of drug-likeness (QED) is 0.671. The zero-order valence-electron chi connectivity index (χ0n) is 16.9. The summed E-state index contributed by atoms with van der Waals surface area (Å²) in [7, 11) is -0.779. The van der Waals surface area contributed by atoms with Crippen LogP contribution in [0.1, 0.15) is 46.1 Å². The van der Waals surface area contributed by atoms with Gasteiger partial charge >= 0.3 is 0 Å². The van der Waals surface area contributed by atoms with Gasteiger partial charge in [0.15, 0.2) is 11.6 Å². The van der Waals surface area contributed by atoms with Crippen molar-refractivity contribution in [1.82, 2.24) is 0 Å². The molecule has 4 fully saturated rings. The summed E-state index contributed by atoms with van der Waals surface area (Å²) < 4.78 is 25.6. The number of para-hydroxylation sites is 1. The van der Waals surface area contributed by atoms with Crippen LogP contribution in [0, 0.1) is 0 Å². The fourth-order valence-corrected chi connectivity index (χ4v) is 9.67. The van der Waals surface area contributed by atoms with Crippen LogP contribution in [0.4, 0.5) is 0 Å². The number of hydrogen-bond acceptors (Lipinski definition) is 4. The van der Waals surface area contributed by atoms with Crippen LogP contribution in [-0.4, -0.2) is 22.3 Å². The van der Waals surface area contributed by atoms with Crippen molar-refractivity contribution in [1.29, 1.82) is 0 Å². The van der Waals surface area contributed by atoms with Gasteiger partial charge in [-0.05, 0) is 47.2 Å². The predicted molar refractivity (Wildman–Crippen MR) is 110 cm³/mol. The Morgan fingerprint density at radius 2 is 1.36 bits per heavy atom. The van der Waals surface area contributed by atoms with Gasteiger partial charge in [-0.3, -0.25) is 0 Å². The van der Waals surface area contributed by atoms with Gasteiger partial charge in [0.2, 0.25) is 0 Å². The van der Waals surface area contributed by atoms with Crippen LogP contribution in [-0.2, 0) is 20.8 Å². The average molecular weight is 398 g/mol.